The molecule has 1 fully saturated rings. The second-order valence-electron chi connectivity index (χ2n) is 4.59. The Kier molecular flexibility index (Phi) is 4.54. The Morgan fingerprint density at radius 2 is 2.05 bits per heavy atom. The molecule has 1 saturated heterocycles. The van der Waals surface area contributed by atoms with E-state index in [0.717, 1.165) is 25.9 Å². The first-order valence-electron chi connectivity index (χ1n) is 6.77. The first-order chi connectivity index (χ1) is 9.22. The number of nitrogen functional groups attached to an aromatic ring is 1. The Bertz CT molecular complexity index is 442. The third-order valence-corrected chi connectivity index (χ3v) is 3.19. The molecule has 0 radical (unpaired) electrons. The summed E-state index contributed by atoms with van der Waals surface area (Å²) in [5.74, 6) is 0.322. The van der Waals surface area contributed by atoms with Gasteiger partial charge in [-0.15, -0.1) is 0 Å². The normalized spacial score (nSPS) is 15.9. The molecule has 6 nitrogen and oxygen atoms in total. The number of ether oxygens (including phenoxy) is 1. The molecule has 1 aromatic rings. The van der Waals surface area contributed by atoms with E-state index in [9.17, 15) is 4.79 Å². The van der Waals surface area contributed by atoms with Crippen molar-refractivity contribution in [3.05, 3.63) is 11.8 Å². The van der Waals surface area contributed by atoms with Crippen molar-refractivity contribution >= 4 is 17.7 Å². The van der Waals surface area contributed by atoms with Crippen LogP contribution in [0.2, 0.25) is 0 Å². The predicted molar refractivity (Wildman–Crippen MR) is 73.1 cm³/mol. The Hall–Kier alpha value is -1.85. The van der Waals surface area contributed by atoms with Crippen LogP contribution < -0.4 is 10.6 Å². The molecule has 2 rings (SSSR count). The molecule has 0 saturated carbocycles. The minimum absolute atomic E-state index is 0.188. The van der Waals surface area contributed by atoms with Crippen molar-refractivity contribution in [3.63, 3.8) is 0 Å². The minimum Gasteiger partial charge on any atom is -0.462 e. The third kappa shape index (κ3) is 3.33. The van der Waals surface area contributed by atoms with Crippen molar-refractivity contribution in [2.24, 2.45) is 0 Å². The molecule has 0 amide bonds. The van der Waals surface area contributed by atoms with E-state index in [1.54, 1.807) is 6.92 Å². The van der Waals surface area contributed by atoms with Gasteiger partial charge in [0, 0.05) is 19.3 Å². The monoisotopic (exact) mass is 264 g/mol. The summed E-state index contributed by atoms with van der Waals surface area (Å²) in [4.78, 5) is 22.2. The van der Waals surface area contributed by atoms with Gasteiger partial charge < -0.3 is 15.4 Å². The topological polar surface area (TPSA) is 81.3 Å². The zero-order chi connectivity index (χ0) is 13.7. The summed E-state index contributed by atoms with van der Waals surface area (Å²) in [6.07, 6.45) is 6.23. The van der Waals surface area contributed by atoms with E-state index < -0.39 is 5.97 Å². The van der Waals surface area contributed by atoms with Crippen LogP contribution in [0.1, 0.15) is 43.0 Å². The van der Waals surface area contributed by atoms with Crippen molar-refractivity contribution in [2.75, 3.05) is 30.3 Å². The van der Waals surface area contributed by atoms with Crippen LogP contribution in [0.25, 0.3) is 0 Å². The van der Waals surface area contributed by atoms with Crippen LogP contribution in [0.4, 0.5) is 11.8 Å². The zero-order valence-corrected chi connectivity index (χ0v) is 11.3. The number of hydrogen-bond acceptors (Lipinski definition) is 6. The van der Waals surface area contributed by atoms with Crippen LogP contribution in [-0.4, -0.2) is 35.6 Å². The van der Waals surface area contributed by atoms with Crippen molar-refractivity contribution < 1.29 is 9.53 Å². The van der Waals surface area contributed by atoms with Crippen molar-refractivity contribution in [1.82, 2.24) is 9.97 Å². The largest absolute Gasteiger partial charge is 0.462 e. The Labute approximate surface area is 113 Å². The van der Waals surface area contributed by atoms with Crippen LogP contribution in [0, 0.1) is 0 Å². The molecule has 1 aliphatic heterocycles. The summed E-state index contributed by atoms with van der Waals surface area (Å²) in [5.41, 5.74) is 6.06. The lowest BCUT2D eigenvalue weighted by atomic mass is 10.2. The Morgan fingerprint density at radius 1 is 1.37 bits per heavy atom. The number of esters is 1. The fraction of sp³-hybridized carbons (Fsp3) is 0.615. The van der Waals surface area contributed by atoms with E-state index in [1.165, 1.54) is 19.0 Å². The standard InChI is InChI=1S/C13H20N4O2/c1-2-19-12(18)10-9-15-13(16-11(10)14)17-7-5-3-4-6-8-17/h9H,2-8H2,1H3,(H2,14,15,16). The highest BCUT2D eigenvalue weighted by Crippen LogP contribution is 2.18. The lowest BCUT2D eigenvalue weighted by Gasteiger charge is -2.20. The minimum atomic E-state index is -0.470. The van der Waals surface area contributed by atoms with Crippen LogP contribution in [0.5, 0.6) is 0 Å². The molecule has 0 bridgehead atoms. The van der Waals surface area contributed by atoms with Crippen LogP contribution >= 0.6 is 0 Å². The lowest BCUT2D eigenvalue weighted by Crippen LogP contribution is -2.26. The van der Waals surface area contributed by atoms with Gasteiger partial charge in [0.25, 0.3) is 0 Å². The second-order valence-corrected chi connectivity index (χ2v) is 4.59. The highest BCUT2D eigenvalue weighted by atomic mass is 16.5. The number of carbonyl (C=O) groups is 1. The maximum atomic E-state index is 11.6. The number of rotatable bonds is 3. The van der Waals surface area contributed by atoms with E-state index in [-0.39, 0.29) is 11.4 Å². The number of anilines is 2. The Balaban J connectivity index is 2.15. The molecule has 19 heavy (non-hydrogen) atoms. The average molecular weight is 264 g/mol. The molecule has 1 aromatic heterocycles. The molecule has 2 N–H and O–H groups in total. The number of nitrogens with zero attached hydrogens (tertiary/aromatic N) is 3. The summed E-state index contributed by atoms with van der Waals surface area (Å²) in [7, 11) is 0. The fourth-order valence-corrected chi connectivity index (χ4v) is 2.17. The molecule has 0 atom stereocenters. The first kappa shape index (κ1) is 13.6. The molecule has 0 unspecified atom stereocenters. The van der Waals surface area contributed by atoms with Crippen LogP contribution in [0.3, 0.4) is 0 Å². The maximum Gasteiger partial charge on any atom is 0.343 e. The van der Waals surface area contributed by atoms with Gasteiger partial charge in [0.15, 0.2) is 0 Å². The van der Waals surface area contributed by atoms with Gasteiger partial charge in [-0.1, -0.05) is 12.8 Å². The van der Waals surface area contributed by atoms with Gasteiger partial charge in [0.1, 0.15) is 11.4 Å². The van der Waals surface area contributed by atoms with Gasteiger partial charge in [0.05, 0.1) is 6.61 Å². The van der Waals surface area contributed by atoms with E-state index in [1.807, 2.05) is 0 Å². The molecular weight excluding hydrogens is 244 g/mol. The molecule has 104 valence electrons. The molecule has 0 aromatic carbocycles. The van der Waals surface area contributed by atoms with Crippen molar-refractivity contribution in [1.29, 1.82) is 0 Å². The van der Waals surface area contributed by atoms with Gasteiger partial charge in [-0.05, 0) is 19.8 Å². The molecular formula is C13H20N4O2. The summed E-state index contributed by atoms with van der Waals surface area (Å²) in [5, 5.41) is 0. The predicted octanol–water partition coefficient (Wildman–Crippen LogP) is 1.62. The molecule has 6 heteroatoms. The Morgan fingerprint density at radius 3 is 2.63 bits per heavy atom. The van der Waals surface area contributed by atoms with Crippen molar-refractivity contribution in [3.8, 4) is 0 Å². The van der Waals surface area contributed by atoms with E-state index >= 15 is 0 Å². The number of nitrogens with two attached hydrogens (primary N) is 1. The first-order valence-corrected chi connectivity index (χ1v) is 6.77. The summed E-state index contributed by atoms with van der Waals surface area (Å²) in [6, 6.07) is 0. The van der Waals surface area contributed by atoms with Gasteiger partial charge >= 0.3 is 5.97 Å². The van der Waals surface area contributed by atoms with Gasteiger partial charge in [0.2, 0.25) is 5.95 Å². The van der Waals surface area contributed by atoms with E-state index in [4.69, 9.17) is 10.5 Å². The SMILES string of the molecule is CCOC(=O)c1cnc(N2CCCCCC2)nc1N. The molecule has 2 heterocycles. The van der Waals surface area contributed by atoms with E-state index in [0.29, 0.717) is 12.6 Å². The van der Waals surface area contributed by atoms with Gasteiger partial charge in [-0.2, -0.15) is 4.98 Å². The third-order valence-electron chi connectivity index (χ3n) is 3.19. The fourth-order valence-electron chi connectivity index (χ4n) is 2.17. The molecule has 0 aliphatic carbocycles. The smallest absolute Gasteiger partial charge is 0.343 e. The summed E-state index contributed by atoms with van der Waals surface area (Å²) in [6.45, 7) is 3.95. The quantitative estimate of drug-likeness (QED) is 0.835. The second kappa shape index (κ2) is 6.36. The van der Waals surface area contributed by atoms with Crippen LogP contribution in [0.15, 0.2) is 6.20 Å². The zero-order valence-electron chi connectivity index (χ0n) is 11.3. The van der Waals surface area contributed by atoms with Gasteiger partial charge in [-0.3, -0.25) is 0 Å². The average Bonchev–Trinajstić information content (AvgIpc) is 2.67. The number of carbonyl (C=O) groups excluding carboxylic acids is 1. The van der Waals surface area contributed by atoms with Gasteiger partial charge in [-0.25, -0.2) is 9.78 Å². The summed E-state index contributed by atoms with van der Waals surface area (Å²) >= 11 is 0. The van der Waals surface area contributed by atoms with Crippen LogP contribution in [-0.2, 0) is 4.74 Å². The lowest BCUT2D eigenvalue weighted by molar-refractivity contribution is 0.0527. The summed E-state index contributed by atoms with van der Waals surface area (Å²) < 4.78 is 4.90. The van der Waals surface area contributed by atoms with E-state index in [2.05, 4.69) is 14.9 Å². The number of hydrogen-bond donors (Lipinski definition) is 1. The van der Waals surface area contributed by atoms with Crippen molar-refractivity contribution in [2.45, 2.75) is 32.6 Å². The highest BCUT2D eigenvalue weighted by molar-refractivity contribution is 5.93. The number of aromatic nitrogens is 2. The molecule has 1 aliphatic rings. The molecule has 0 spiro atoms. The maximum absolute atomic E-state index is 11.6. The highest BCUT2D eigenvalue weighted by Gasteiger charge is 2.17.